The van der Waals surface area contributed by atoms with Crippen molar-refractivity contribution in [3.63, 3.8) is 0 Å². The Balaban J connectivity index is 2.36. The molecule has 2 aromatic carbocycles. The lowest BCUT2D eigenvalue weighted by atomic mass is 9.97. The maximum atomic E-state index is 12.1. The van der Waals surface area contributed by atoms with Gasteiger partial charge in [0.1, 0.15) is 5.75 Å². The minimum atomic E-state index is -0.219. The quantitative estimate of drug-likeness (QED) is 0.646. The molecule has 0 bridgehead atoms. The van der Waals surface area contributed by atoms with Gasteiger partial charge in [0.25, 0.3) is 0 Å². The lowest BCUT2D eigenvalue weighted by Crippen LogP contribution is -2.35. The molecule has 0 unspecified atom stereocenters. The van der Waals surface area contributed by atoms with Gasteiger partial charge in [0.2, 0.25) is 0 Å². The third-order valence-electron chi connectivity index (χ3n) is 4.89. The van der Waals surface area contributed by atoms with Crippen molar-refractivity contribution in [2.24, 2.45) is 5.73 Å². The second kappa shape index (κ2) is 10.7. The van der Waals surface area contributed by atoms with Gasteiger partial charge in [-0.25, -0.2) is 0 Å². The molecule has 0 fully saturated rings. The number of esters is 1. The standard InChI is InChI=1S/C22H30N2O3/c1-17(18-10-12-20(26-2)13-11-18)24(15-7-14-23)21(16-22(25)27-3)19-8-5-4-6-9-19/h4-6,8-13,17,21H,7,14-16,23H2,1-3H3/t17-,21+/m1/s1. The third kappa shape index (κ3) is 5.81. The van der Waals surface area contributed by atoms with Crippen molar-refractivity contribution in [1.82, 2.24) is 4.90 Å². The number of hydrogen-bond donors (Lipinski definition) is 1. The van der Waals surface area contributed by atoms with Gasteiger partial charge in [-0.2, -0.15) is 0 Å². The molecule has 0 radical (unpaired) electrons. The number of ether oxygens (including phenoxy) is 2. The molecule has 0 saturated carbocycles. The molecule has 0 aliphatic carbocycles. The van der Waals surface area contributed by atoms with Gasteiger partial charge in [0.15, 0.2) is 0 Å². The smallest absolute Gasteiger partial charge is 0.307 e. The largest absolute Gasteiger partial charge is 0.497 e. The van der Waals surface area contributed by atoms with Crippen LogP contribution in [0.4, 0.5) is 0 Å². The number of rotatable bonds is 10. The highest BCUT2D eigenvalue weighted by Gasteiger charge is 2.28. The van der Waals surface area contributed by atoms with Gasteiger partial charge in [-0.3, -0.25) is 9.69 Å². The fourth-order valence-electron chi connectivity index (χ4n) is 3.31. The molecule has 0 heterocycles. The molecule has 5 heteroatoms. The Morgan fingerprint density at radius 2 is 1.70 bits per heavy atom. The summed E-state index contributed by atoms with van der Waals surface area (Å²) in [6, 6.07) is 18.2. The normalized spacial score (nSPS) is 13.2. The molecule has 2 atom stereocenters. The van der Waals surface area contributed by atoms with Crippen molar-refractivity contribution < 1.29 is 14.3 Å². The van der Waals surface area contributed by atoms with Crippen LogP contribution in [0.2, 0.25) is 0 Å². The van der Waals surface area contributed by atoms with E-state index < -0.39 is 0 Å². The van der Waals surface area contributed by atoms with Gasteiger partial charge >= 0.3 is 5.97 Å². The Morgan fingerprint density at radius 3 is 2.26 bits per heavy atom. The summed E-state index contributed by atoms with van der Waals surface area (Å²) in [4.78, 5) is 14.5. The van der Waals surface area contributed by atoms with E-state index in [4.69, 9.17) is 15.2 Å². The number of carbonyl (C=O) groups excluding carboxylic acids is 1. The van der Waals surface area contributed by atoms with Gasteiger partial charge in [0, 0.05) is 18.6 Å². The highest BCUT2D eigenvalue weighted by Crippen LogP contribution is 2.33. The average Bonchev–Trinajstić information content (AvgIpc) is 2.73. The minimum Gasteiger partial charge on any atom is -0.497 e. The molecule has 0 aromatic heterocycles. The van der Waals surface area contributed by atoms with Gasteiger partial charge in [-0.15, -0.1) is 0 Å². The second-order valence-corrected chi connectivity index (χ2v) is 6.54. The molecular formula is C22H30N2O3. The van der Waals surface area contributed by atoms with E-state index in [1.54, 1.807) is 7.11 Å². The van der Waals surface area contributed by atoms with E-state index in [-0.39, 0.29) is 18.1 Å². The zero-order valence-electron chi connectivity index (χ0n) is 16.4. The SMILES string of the molecule is COC(=O)C[C@@H](c1ccccc1)N(CCCN)[C@H](C)c1ccc(OC)cc1. The van der Waals surface area contributed by atoms with Crippen molar-refractivity contribution in [2.45, 2.75) is 31.8 Å². The van der Waals surface area contributed by atoms with E-state index >= 15 is 0 Å². The van der Waals surface area contributed by atoms with E-state index in [0.717, 1.165) is 24.3 Å². The summed E-state index contributed by atoms with van der Waals surface area (Å²) < 4.78 is 10.2. The molecule has 0 amide bonds. The van der Waals surface area contributed by atoms with Gasteiger partial charge in [-0.05, 0) is 43.1 Å². The van der Waals surface area contributed by atoms with E-state index in [2.05, 4.69) is 36.1 Å². The van der Waals surface area contributed by atoms with Crippen molar-refractivity contribution >= 4 is 5.97 Å². The van der Waals surface area contributed by atoms with Crippen LogP contribution in [-0.4, -0.2) is 38.2 Å². The average molecular weight is 370 g/mol. The summed E-state index contributed by atoms with van der Waals surface area (Å²) >= 11 is 0. The maximum absolute atomic E-state index is 12.1. The van der Waals surface area contributed by atoms with E-state index in [1.807, 2.05) is 30.3 Å². The Labute approximate surface area is 162 Å². The number of nitrogens with two attached hydrogens (primary N) is 1. The number of benzene rings is 2. The first-order valence-electron chi connectivity index (χ1n) is 9.32. The van der Waals surface area contributed by atoms with Crippen LogP contribution in [0.5, 0.6) is 5.75 Å². The second-order valence-electron chi connectivity index (χ2n) is 6.54. The number of hydrogen-bond acceptors (Lipinski definition) is 5. The monoisotopic (exact) mass is 370 g/mol. The van der Waals surface area contributed by atoms with E-state index in [9.17, 15) is 4.79 Å². The van der Waals surface area contributed by atoms with E-state index in [0.29, 0.717) is 13.0 Å². The van der Waals surface area contributed by atoms with Crippen molar-refractivity contribution in [3.05, 3.63) is 65.7 Å². The molecule has 5 nitrogen and oxygen atoms in total. The highest BCUT2D eigenvalue weighted by atomic mass is 16.5. The summed E-state index contributed by atoms with van der Waals surface area (Å²) in [6.45, 7) is 3.55. The first kappa shape index (κ1) is 20.9. The summed E-state index contributed by atoms with van der Waals surface area (Å²) in [7, 11) is 3.09. The predicted octanol–water partition coefficient (Wildman–Crippen LogP) is 3.71. The molecule has 2 N–H and O–H groups in total. The lowest BCUT2D eigenvalue weighted by molar-refractivity contribution is -0.142. The molecule has 146 valence electrons. The summed E-state index contributed by atoms with van der Waals surface area (Å²) in [5.74, 6) is 0.608. The molecule has 0 saturated heterocycles. The van der Waals surface area contributed by atoms with Crippen molar-refractivity contribution in [1.29, 1.82) is 0 Å². The zero-order valence-corrected chi connectivity index (χ0v) is 16.4. The minimum absolute atomic E-state index is 0.0812. The molecule has 0 spiro atoms. The highest BCUT2D eigenvalue weighted by molar-refractivity contribution is 5.70. The predicted molar refractivity (Wildman–Crippen MR) is 108 cm³/mol. The van der Waals surface area contributed by atoms with Crippen LogP contribution < -0.4 is 10.5 Å². The van der Waals surface area contributed by atoms with Crippen LogP contribution in [-0.2, 0) is 9.53 Å². The summed E-state index contributed by atoms with van der Waals surface area (Å²) in [6.07, 6.45) is 1.15. The zero-order chi connectivity index (χ0) is 19.6. The Kier molecular flexibility index (Phi) is 8.30. The summed E-state index contributed by atoms with van der Waals surface area (Å²) in [5.41, 5.74) is 8.05. The van der Waals surface area contributed by atoms with Crippen LogP contribution >= 0.6 is 0 Å². The first-order chi connectivity index (χ1) is 13.1. The lowest BCUT2D eigenvalue weighted by Gasteiger charge is -2.37. The van der Waals surface area contributed by atoms with Crippen LogP contribution in [0.15, 0.2) is 54.6 Å². The van der Waals surface area contributed by atoms with Crippen molar-refractivity contribution in [2.75, 3.05) is 27.3 Å². The third-order valence-corrected chi connectivity index (χ3v) is 4.89. The van der Waals surface area contributed by atoms with Crippen LogP contribution in [0, 0.1) is 0 Å². The molecule has 2 aromatic rings. The Bertz CT molecular complexity index is 688. The topological polar surface area (TPSA) is 64.8 Å². The van der Waals surface area contributed by atoms with E-state index in [1.165, 1.54) is 12.7 Å². The Hall–Kier alpha value is -2.37. The van der Waals surface area contributed by atoms with Gasteiger partial charge < -0.3 is 15.2 Å². The number of methoxy groups -OCH3 is 2. The molecule has 2 rings (SSSR count). The number of carbonyl (C=O) groups is 1. The maximum Gasteiger partial charge on any atom is 0.307 e. The molecule has 0 aliphatic rings. The van der Waals surface area contributed by atoms with Crippen LogP contribution in [0.25, 0.3) is 0 Å². The fourth-order valence-corrected chi connectivity index (χ4v) is 3.31. The molecular weight excluding hydrogens is 340 g/mol. The fraction of sp³-hybridized carbons (Fsp3) is 0.409. The van der Waals surface area contributed by atoms with Gasteiger partial charge in [0.05, 0.1) is 20.6 Å². The van der Waals surface area contributed by atoms with Crippen LogP contribution in [0.1, 0.15) is 43.0 Å². The molecule has 27 heavy (non-hydrogen) atoms. The molecule has 0 aliphatic heterocycles. The Morgan fingerprint density at radius 1 is 1.04 bits per heavy atom. The number of nitrogens with zero attached hydrogens (tertiary/aromatic N) is 1. The van der Waals surface area contributed by atoms with Crippen molar-refractivity contribution in [3.8, 4) is 5.75 Å². The van der Waals surface area contributed by atoms with Gasteiger partial charge in [-0.1, -0.05) is 42.5 Å². The van der Waals surface area contributed by atoms with Crippen LogP contribution in [0.3, 0.4) is 0 Å². The summed E-state index contributed by atoms with van der Waals surface area (Å²) in [5, 5.41) is 0. The first-order valence-corrected chi connectivity index (χ1v) is 9.32.